The van der Waals surface area contributed by atoms with Crippen molar-refractivity contribution in [3.63, 3.8) is 0 Å². The Balaban J connectivity index is 1.70. The molecule has 1 unspecified atom stereocenters. The Morgan fingerprint density at radius 2 is 1.54 bits per heavy atom. The van der Waals surface area contributed by atoms with Gasteiger partial charge in [0.15, 0.2) is 11.5 Å². The molecule has 0 fully saturated rings. The second-order valence-corrected chi connectivity index (χ2v) is 11.3. The van der Waals surface area contributed by atoms with Gasteiger partial charge in [0.05, 0.1) is 0 Å². The maximum Gasteiger partial charge on any atom is 0.277 e. The van der Waals surface area contributed by atoms with Crippen molar-refractivity contribution in [2.45, 2.75) is 23.3 Å². The standard InChI is InChI=1S/C26H20BrCl3N4O/c1-2-21-33(20-14-12-18(27)13-15-20)22-24(34(21)19-6-4-3-5-7-19)31-23(32-25(22)35)16-8-10-17(11-9-16)26(28,29)30/h3-15,21H,2H2,1H3,(H,31,32,35). The van der Waals surface area contributed by atoms with Crippen LogP contribution in [0.1, 0.15) is 18.9 Å². The highest BCUT2D eigenvalue weighted by atomic mass is 79.9. The maximum atomic E-state index is 13.6. The number of halogens is 4. The van der Waals surface area contributed by atoms with E-state index in [1.54, 1.807) is 24.3 Å². The van der Waals surface area contributed by atoms with E-state index >= 15 is 0 Å². The van der Waals surface area contributed by atoms with Gasteiger partial charge in [-0.1, -0.05) is 100 Å². The van der Waals surface area contributed by atoms with Crippen LogP contribution in [0.2, 0.25) is 0 Å². The van der Waals surface area contributed by atoms with Crippen LogP contribution in [-0.2, 0) is 3.79 Å². The molecule has 1 atom stereocenters. The summed E-state index contributed by atoms with van der Waals surface area (Å²) < 4.78 is -0.560. The molecule has 1 aromatic heterocycles. The molecule has 4 aromatic rings. The topological polar surface area (TPSA) is 52.2 Å². The molecule has 0 saturated heterocycles. The third-order valence-electron chi connectivity index (χ3n) is 5.93. The Morgan fingerprint density at radius 3 is 2.14 bits per heavy atom. The van der Waals surface area contributed by atoms with E-state index in [1.807, 2.05) is 54.6 Å². The van der Waals surface area contributed by atoms with Gasteiger partial charge in [0, 0.05) is 27.0 Å². The SMILES string of the molecule is CCC1N(c2ccccc2)c2nc(-c3ccc(C(Cl)(Cl)Cl)cc3)[nH]c(=O)c2N1c1ccc(Br)cc1. The molecule has 1 N–H and O–H groups in total. The summed E-state index contributed by atoms with van der Waals surface area (Å²) in [7, 11) is 0. The van der Waals surface area contributed by atoms with Gasteiger partial charge in [-0.05, 0) is 42.8 Å². The fourth-order valence-corrected chi connectivity index (χ4v) is 4.99. The van der Waals surface area contributed by atoms with Gasteiger partial charge in [-0.15, -0.1) is 0 Å². The summed E-state index contributed by atoms with van der Waals surface area (Å²) in [6.07, 6.45) is 0.623. The van der Waals surface area contributed by atoms with Crippen molar-refractivity contribution in [1.29, 1.82) is 0 Å². The molecule has 35 heavy (non-hydrogen) atoms. The second kappa shape index (κ2) is 9.51. The third kappa shape index (κ3) is 4.56. The van der Waals surface area contributed by atoms with E-state index in [-0.39, 0.29) is 11.7 Å². The first-order valence-electron chi connectivity index (χ1n) is 11.0. The zero-order chi connectivity index (χ0) is 24.7. The highest BCUT2D eigenvalue weighted by Crippen LogP contribution is 2.46. The Kier molecular flexibility index (Phi) is 6.57. The van der Waals surface area contributed by atoms with Gasteiger partial charge >= 0.3 is 0 Å². The fraction of sp³-hybridized carbons (Fsp3) is 0.154. The molecule has 178 valence electrons. The monoisotopic (exact) mass is 588 g/mol. The number of aromatic amines is 1. The van der Waals surface area contributed by atoms with Gasteiger partial charge in [0.2, 0.25) is 3.79 Å². The molecule has 1 aliphatic heterocycles. The number of alkyl halides is 3. The van der Waals surface area contributed by atoms with Gasteiger partial charge in [-0.2, -0.15) is 0 Å². The van der Waals surface area contributed by atoms with Crippen molar-refractivity contribution in [2.75, 3.05) is 9.80 Å². The number of nitrogens with one attached hydrogen (secondary N) is 1. The van der Waals surface area contributed by atoms with E-state index in [1.165, 1.54) is 0 Å². The number of benzene rings is 3. The zero-order valence-electron chi connectivity index (χ0n) is 18.6. The highest BCUT2D eigenvalue weighted by Gasteiger charge is 2.40. The number of nitrogens with zero attached hydrogens (tertiary/aromatic N) is 3. The van der Waals surface area contributed by atoms with Crippen molar-refractivity contribution >= 4 is 73.6 Å². The summed E-state index contributed by atoms with van der Waals surface area (Å²) in [6, 6.07) is 24.9. The number of aromatic nitrogens is 2. The summed E-state index contributed by atoms with van der Waals surface area (Å²) in [5.41, 5.74) is 3.39. The van der Waals surface area contributed by atoms with Crippen LogP contribution in [0.15, 0.2) is 88.1 Å². The molecule has 5 rings (SSSR count). The van der Waals surface area contributed by atoms with Crippen molar-refractivity contribution in [2.24, 2.45) is 0 Å². The normalized spacial score (nSPS) is 15.4. The first kappa shape index (κ1) is 24.2. The number of H-pyrrole nitrogens is 1. The average Bonchev–Trinajstić information content (AvgIpc) is 3.19. The molecule has 0 bridgehead atoms. The molecule has 0 spiro atoms. The van der Waals surface area contributed by atoms with Crippen molar-refractivity contribution in [1.82, 2.24) is 9.97 Å². The minimum atomic E-state index is -1.53. The van der Waals surface area contributed by atoms with E-state index in [9.17, 15) is 4.79 Å². The van der Waals surface area contributed by atoms with Gasteiger partial charge in [0.1, 0.15) is 12.0 Å². The van der Waals surface area contributed by atoms with Crippen LogP contribution in [0.3, 0.4) is 0 Å². The van der Waals surface area contributed by atoms with Gasteiger partial charge in [-0.3, -0.25) is 4.79 Å². The molecule has 0 saturated carbocycles. The number of anilines is 4. The Morgan fingerprint density at radius 1 is 0.914 bits per heavy atom. The quantitative estimate of drug-likeness (QED) is 0.244. The highest BCUT2D eigenvalue weighted by molar-refractivity contribution is 9.10. The number of para-hydroxylation sites is 1. The van der Waals surface area contributed by atoms with Crippen LogP contribution in [-0.4, -0.2) is 16.1 Å². The molecule has 0 amide bonds. The van der Waals surface area contributed by atoms with Crippen LogP contribution in [0, 0.1) is 0 Å². The molecular weight excluding hydrogens is 571 g/mol. The molecule has 1 aliphatic rings. The lowest BCUT2D eigenvalue weighted by atomic mass is 10.1. The van der Waals surface area contributed by atoms with Crippen molar-refractivity contribution in [3.8, 4) is 11.4 Å². The van der Waals surface area contributed by atoms with E-state index in [0.29, 0.717) is 28.5 Å². The van der Waals surface area contributed by atoms with Gasteiger partial charge in [0.25, 0.3) is 5.56 Å². The predicted octanol–water partition coefficient (Wildman–Crippen LogP) is 8.05. The van der Waals surface area contributed by atoms with E-state index in [2.05, 4.69) is 37.6 Å². The van der Waals surface area contributed by atoms with Gasteiger partial charge in [-0.25, -0.2) is 4.98 Å². The molecule has 2 heterocycles. The predicted molar refractivity (Wildman–Crippen MR) is 148 cm³/mol. The molecule has 0 radical (unpaired) electrons. The lowest BCUT2D eigenvalue weighted by Crippen LogP contribution is -2.38. The number of hydrogen-bond donors (Lipinski definition) is 1. The smallest absolute Gasteiger partial charge is 0.277 e. The van der Waals surface area contributed by atoms with Crippen LogP contribution < -0.4 is 15.4 Å². The second-order valence-electron chi connectivity index (χ2n) is 8.10. The van der Waals surface area contributed by atoms with E-state index in [4.69, 9.17) is 39.8 Å². The number of rotatable bonds is 4. The van der Waals surface area contributed by atoms with E-state index < -0.39 is 3.79 Å². The Bertz CT molecular complexity index is 1400. The lowest BCUT2D eigenvalue weighted by Gasteiger charge is -2.31. The molecule has 0 aliphatic carbocycles. The largest absolute Gasteiger partial charge is 0.312 e. The minimum Gasteiger partial charge on any atom is -0.312 e. The number of hydrogen-bond acceptors (Lipinski definition) is 4. The van der Waals surface area contributed by atoms with Crippen molar-refractivity contribution in [3.05, 3.63) is 99.3 Å². The fourth-order valence-electron chi connectivity index (χ4n) is 4.35. The van der Waals surface area contributed by atoms with Crippen LogP contribution in [0.25, 0.3) is 11.4 Å². The molecule has 5 nitrogen and oxygen atoms in total. The third-order valence-corrected chi connectivity index (χ3v) is 7.11. The van der Waals surface area contributed by atoms with Gasteiger partial charge < -0.3 is 14.8 Å². The summed E-state index contributed by atoms with van der Waals surface area (Å²) in [4.78, 5) is 25.7. The summed E-state index contributed by atoms with van der Waals surface area (Å²) in [5, 5.41) is 0. The van der Waals surface area contributed by atoms with Crippen LogP contribution in [0.4, 0.5) is 22.9 Å². The van der Waals surface area contributed by atoms with Crippen molar-refractivity contribution < 1.29 is 0 Å². The maximum absolute atomic E-state index is 13.6. The molecular formula is C26H20BrCl3N4O. The first-order chi connectivity index (χ1) is 16.8. The average molecular weight is 591 g/mol. The van der Waals surface area contributed by atoms with Crippen LogP contribution >= 0.6 is 50.7 Å². The van der Waals surface area contributed by atoms with E-state index in [0.717, 1.165) is 22.3 Å². The number of fused-ring (bicyclic) bond motifs is 1. The zero-order valence-corrected chi connectivity index (χ0v) is 22.4. The minimum absolute atomic E-state index is 0.135. The Labute approximate surface area is 226 Å². The lowest BCUT2D eigenvalue weighted by molar-refractivity contribution is 0.664. The van der Waals surface area contributed by atoms with Crippen LogP contribution in [0.5, 0.6) is 0 Å². The Hall–Kier alpha value is -2.51. The summed E-state index contributed by atoms with van der Waals surface area (Å²) in [6.45, 7) is 2.10. The summed E-state index contributed by atoms with van der Waals surface area (Å²) in [5.74, 6) is 1.04. The summed E-state index contributed by atoms with van der Waals surface area (Å²) >= 11 is 21.5. The molecule has 9 heteroatoms. The first-order valence-corrected chi connectivity index (χ1v) is 12.9. The molecule has 3 aromatic carbocycles.